The lowest BCUT2D eigenvalue weighted by molar-refractivity contribution is 0.0941. The molecule has 6 heteroatoms. The third kappa shape index (κ3) is 4.23. The molecule has 2 aromatic rings. The molecule has 0 aliphatic rings. The van der Waals surface area contributed by atoms with E-state index < -0.39 is 0 Å². The monoisotopic (exact) mass is 329 g/mol. The quantitative estimate of drug-likeness (QED) is 0.871. The maximum Gasteiger partial charge on any atom is 0.251 e. The van der Waals surface area contributed by atoms with Crippen molar-refractivity contribution in [2.24, 2.45) is 7.05 Å². The lowest BCUT2D eigenvalue weighted by Crippen LogP contribution is -2.35. The predicted octanol–water partition coefficient (Wildman–Crippen LogP) is 1.43. The second-order valence-corrected chi connectivity index (χ2v) is 5.83. The van der Waals surface area contributed by atoms with Gasteiger partial charge in [0.15, 0.2) is 0 Å². The number of aromatic nitrogens is 1. The minimum Gasteiger partial charge on any atom is -0.497 e. The van der Waals surface area contributed by atoms with Crippen LogP contribution in [0.5, 0.6) is 5.75 Å². The first-order valence-electron chi connectivity index (χ1n) is 7.67. The molecule has 2 rings (SSSR count). The largest absolute Gasteiger partial charge is 0.497 e. The average Bonchev–Trinajstić information content (AvgIpc) is 2.57. The van der Waals surface area contributed by atoms with Crippen LogP contribution in [0, 0.1) is 0 Å². The molecule has 0 saturated carbocycles. The minimum atomic E-state index is -0.256. The predicted molar refractivity (Wildman–Crippen MR) is 93.4 cm³/mol. The lowest BCUT2D eigenvalue weighted by Gasteiger charge is -2.25. The van der Waals surface area contributed by atoms with Gasteiger partial charge in [-0.05, 0) is 37.9 Å². The number of benzene rings is 1. The summed E-state index contributed by atoms with van der Waals surface area (Å²) in [6.07, 6.45) is 1.59. The number of rotatable bonds is 6. The fourth-order valence-corrected chi connectivity index (χ4v) is 2.41. The zero-order chi connectivity index (χ0) is 17.7. The molecule has 0 aliphatic carbocycles. The highest BCUT2D eigenvalue weighted by atomic mass is 16.5. The van der Waals surface area contributed by atoms with Gasteiger partial charge in [0.1, 0.15) is 5.75 Å². The van der Waals surface area contributed by atoms with Crippen LogP contribution in [0.15, 0.2) is 47.4 Å². The van der Waals surface area contributed by atoms with Gasteiger partial charge in [-0.15, -0.1) is 0 Å². The van der Waals surface area contributed by atoms with Crippen LogP contribution in [-0.4, -0.2) is 43.1 Å². The summed E-state index contributed by atoms with van der Waals surface area (Å²) in [6.45, 7) is 0.438. The van der Waals surface area contributed by atoms with E-state index in [9.17, 15) is 9.59 Å². The van der Waals surface area contributed by atoms with E-state index in [0.717, 1.165) is 11.3 Å². The standard InChI is InChI=1S/C18H23N3O3/c1-20(2)16(13-5-7-15(24-4)8-6-13)12-19-18(23)14-9-10-21(3)17(22)11-14/h5-11,16H,12H2,1-4H3,(H,19,23). The number of carbonyl (C=O) groups is 1. The highest BCUT2D eigenvalue weighted by Crippen LogP contribution is 2.20. The van der Waals surface area contributed by atoms with Crippen LogP contribution in [0.1, 0.15) is 22.0 Å². The Balaban J connectivity index is 2.08. The average molecular weight is 329 g/mol. The SMILES string of the molecule is COc1ccc(C(CNC(=O)c2ccn(C)c(=O)c2)N(C)C)cc1. The van der Waals surface area contributed by atoms with Crippen LogP contribution in [0.4, 0.5) is 0 Å². The van der Waals surface area contributed by atoms with Gasteiger partial charge in [-0.3, -0.25) is 9.59 Å². The van der Waals surface area contributed by atoms with Crippen LogP contribution in [-0.2, 0) is 7.05 Å². The first-order chi connectivity index (χ1) is 11.4. The fourth-order valence-electron chi connectivity index (χ4n) is 2.41. The number of hydrogen-bond donors (Lipinski definition) is 1. The number of nitrogens with one attached hydrogen (secondary N) is 1. The topological polar surface area (TPSA) is 63.6 Å². The van der Waals surface area contributed by atoms with Crippen molar-refractivity contribution < 1.29 is 9.53 Å². The van der Waals surface area contributed by atoms with Gasteiger partial charge in [0.25, 0.3) is 11.5 Å². The van der Waals surface area contributed by atoms with E-state index in [0.29, 0.717) is 12.1 Å². The number of ether oxygens (including phenoxy) is 1. The summed E-state index contributed by atoms with van der Waals surface area (Å²) >= 11 is 0. The normalized spacial score (nSPS) is 12.0. The van der Waals surface area contributed by atoms with E-state index in [4.69, 9.17) is 4.74 Å². The van der Waals surface area contributed by atoms with Crippen molar-refractivity contribution in [3.05, 3.63) is 64.1 Å². The van der Waals surface area contributed by atoms with Gasteiger partial charge >= 0.3 is 0 Å². The third-order valence-electron chi connectivity index (χ3n) is 3.95. The van der Waals surface area contributed by atoms with E-state index in [-0.39, 0.29) is 17.5 Å². The van der Waals surface area contributed by atoms with E-state index in [1.165, 1.54) is 10.6 Å². The van der Waals surface area contributed by atoms with Crippen LogP contribution < -0.4 is 15.6 Å². The highest BCUT2D eigenvalue weighted by Gasteiger charge is 2.16. The molecular formula is C18H23N3O3. The van der Waals surface area contributed by atoms with Crippen molar-refractivity contribution in [1.29, 1.82) is 0 Å². The number of hydrogen-bond acceptors (Lipinski definition) is 4. The molecule has 1 aromatic carbocycles. The van der Waals surface area contributed by atoms with Gasteiger partial charge in [-0.2, -0.15) is 0 Å². The summed E-state index contributed by atoms with van der Waals surface area (Å²) in [5.74, 6) is 0.536. The Morgan fingerprint density at radius 1 is 1.25 bits per heavy atom. The summed E-state index contributed by atoms with van der Waals surface area (Å²) in [7, 11) is 7.19. The van der Waals surface area contributed by atoms with Gasteiger partial charge in [0, 0.05) is 31.4 Å². The molecular weight excluding hydrogens is 306 g/mol. The minimum absolute atomic E-state index is 0.0198. The van der Waals surface area contributed by atoms with Crippen molar-refractivity contribution in [2.75, 3.05) is 27.7 Å². The van der Waals surface area contributed by atoms with Crippen molar-refractivity contribution in [3.8, 4) is 5.75 Å². The number of likely N-dealkylation sites (N-methyl/N-ethyl adjacent to an activating group) is 1. The second kappa shape index (κ2) is 7.79. The van der Waals surface area contributed by atoms with Gasteiger partial charge in [0.05, 0.1) is 13.2 Å². The van der Waals surface area contributed by atoms with Crippen LogP contribution in [0.3, 0.4) is 0 Å². The molecule has 1 unspecified atom stereocenters. The lowest BCUT2D eigenvalue weighted by atomic mass is 10.1. The maximum atomic E-state index is 12.3. The number of carbonyl (C=O) groups excluding carboxylic acids is 1. The molecule has 1 heterocycles. The van der Waals surface area contributed by atoms with E-state index in [1.54, 1.807) is 26.4 Å². The molecule has 0 bridgehead atoms. The molecule has 1 atom stereocenters. The zero-order valence-corrected chi connectivity index (χ0v) is 14.4. The summed E-state index contributed by atoms with van der Waals surface area (Å²) in [5.41, 5.74) is 1.23. The van der Waals surface area contributed by atoms with Crippen molar-refractivity contribution in [1.82, 2.24) is 14.8 Å². The molecule has 128 valence electrons. The van der Waals surface area contributed by atoms with Crippen LogP contribution in [0.25, 0.3) is 0 Å². The zero-order valence-electron chi connectivity index (χ0n) is 14.4. The van der Waals surface area contributed by atoms with Crippen LogP contribution in [0.2, 0.25) is 0 Å². The number of methoxy groups -OCH3 is 1. The number of nitrogens with zero attached hydrogens (tertiary/aromatic N) is 2. The molecule has 6 nitrogen and oxygen atoms in total. The molecule has 0 radical (unpaired) electrons. The molecule has 0 aliphatic heterocycles. The molecule has 1 aromatic heterocycles. The van der Waals surface area contributed by atoms with Crippen LogP contribution >= 0.6 is 0 Å². The second-order valence-electron chi connectivity index (χ2n) is 5.83. The summed E-state index contributed by atoms with van der Waals surface area (Å²) in [6, 6.07) is 10.7. The smallest absolute Gasteiger partial charge is 0.251 e. The first kappa shape index (κ1) is 17.7. The Hall–Kier alpha value is -2.60. The van der Waals surface area contributed by atoms with Gasteiger partial charge < -0.3 is 19.5 Å². The number of amides is 1. The van der Waals surface area contributed by atoms with Gasteiger partial charge in [-0.1, -0.05) is 12.1 Å². The van der Waals surface area contributed by atoms with E-state index in [1.807, 2.05) is 43.3 Å². The molecule has 1 amide bonds. The summed E-state index contributed by atoms with van der Waals surface area (Å²) < 4.78 is 6.60. The molecule has 24 heavy (non-hydrogen) atoms. The van der Waals surface area contributed by atoms with E-state index >= 15 is 0 Å². The van der Waals surface area contributed by atoms with Crippen molar-refractivity contribution in [3.63, 3.8) is 0 Å². The van der Waals surface area contributed by atoms with E-state index in [2.05, 4.69) is 5.32 Å². The Bertz CT molecular complexity index is 751. The number of aryl methyl sites for hydroxylation is 1. The highest BCUT2D eigenvalue weighted by molar-refractivity contribution is 5.94. The Morgan fingerprint density at radius 2 is 1.92 bits per heavy atom. The van der Waals surface area contributed by atoms with Gasteiger partial charge in [-0.25, -0.2) is 0 Å². The third-order valence-corrected chi connectivity index (χ3v) is 3.95. The van der Waals surface area contributed by atoms with Crippen molar-refractivity contribution >= 4 is 5.91 Å². The molecule has 0 spiro atoms. The van der Waals surface area contributed by atoms with Gasteiger partial charge in [0.2, 0.25) is 0 Å². The Kier molecular flexibility index (Phi) is 5.76. The summed E-state index contributed by atoms with van der Waals surface area (Å²) in [4.78, 5) is 25.9. The molecule has 0 fully saturated rings. The maximum absolute atomic E-state index is 12.3. The Morgan fingerprint density at radius 3 is 2.46 bits per heavy atom. The fraction of sp³-hybridized carbons (Fsp3) is 0.333. The van der Waals surface area contributed by atoms with Crippen molar-refractivity contribution in [2.45, 2.75) is 6.04 Å². The summed E-state index contributed by atoms with van der Waals surface area (Å²) in [5, 5.41) is 2.89. The molecule has 1 N–H and O–H groups in total. The number of pyridine rings is 1. The molecule has 0 saturated heterocycles. The Labute approximate surface area is 141 Å². The first-order valence-corrected chi connectivity index (χ1v) is 7.67.